The summed E-state index contributed by atoms with van der Waals surface area (Å²) < 4.78 is 0. The highest BCUT2D eigenvalue weighted by Crippen LogP contribution is 2.29. The average Bonchev–Trinajstić information content (AvgIpc) is 2.58. The van der Waals surface area contributed by atoms with Crippen LogP contribution in [0.5, 0.6) is 0 Å². The van der Waals surface area contributed by atoms with Gasteiger partial charge in [-0.2, -0.15) is 0 Å². The van der Waals surface area contributed by atoms with Crippen LogP contribution >= 0.6 is 0 Å². The van der Waals surface area contributed by atoms with Crippen molar-refractivity contribution in [2.45, 2.75) is 13.8 Å². The Morgan fingerprint density at radius 1 is 0.840 bits per heavy atom. The summed E-state index contributed by atoms with van der Waals surface area (Å²) in [6.07, 6.45) is 0. The zero-order chi connectivity index (χ0) is 17.6. The number of hydrogen-bond donors (Lipinski definition) is 1. The molecule has 2 amide bonds. The van der Waals surface area contributed by atoms with Crippen LogP contribution in [-0.4, -0.2) is 23.4 Å². The van der Waals surface area contributed by atoms with E-state index in [1.807, 2.05) is 50.2 Å². The number of rotatable bonds is 3. The van der Waals surface area contributed by atoms with Crippen molar-refractivity contribution in [1.82, 2.24) is 4.90 Å². The normalized spacial score (nSPS) is 13.4. The maximum Gasteiger partial charge on any atom is 0.262 e. The van der Waals surface area contributed by atoms with Crippen LogP contribution in [0.25, 0.3) is 10.8 Å². The Balaban J connectivity index is 1.68. The van der Waals surface area contributed by atoms with E-state index in [0.29, 0.717) is 11.1 Å². The molecule has 0 atom stereocenters. The summed E-state index contributed by atoms with van der Waals surface area (Å²) in [5.41, 5.74) is 4.32. The number of amides is 2. The Hall–Kier alpha value is -3.14. The fraction of sp³-hybridized carbons (Fsp3) is 0.143. The molecule has 0 saturated carbocycles. The smallest absolute Gasteiger partial charge is 0.262 e. The van der Waals surface area contributed by atoms with Crippen molar-refractivity contribution in [2.24, 2.45) is 0 Å². The quantitative estimate of drug-likeness (QED) is 0.735. The number of nitrogens with zero attached hydrogens (tertiary/aromatic N) is 1. The minimum atomic E-state index is -0.258. The highest BCUT2D eigenvalue weighted by molar-refractivity contribution is 6.25. The molecule has 4 nitrogen and oxygen atoms in total. The van der Waals surface area contributed by atoms with Gasteiger partial charge in [-0.1, -0.05) is 30.3 Å². The van der Waals surface area contributed by atoms with E-state index in [4.69, 9.17) is 0 Å². The molecule has 1 N–H and O–H groups in total. The molecule has 0 radical (unpaired) electrons. The molecular formula is C21H18N2O2. The van der Waals surface area contributed by atoms with Gasteiger partial charge in [0.2, 0.25) is 0 Å². The van der Waals surface area contributed by atoms with E-state index in [1.54, 1.807) is 12.1 Å². The molecule has 4 heteroatoms. The van der Waals surface area contributed by atoms with Crippen LogP contribution in [0.4, 0.5) is 5.69 Å². The van der Waals surface area contributed by atoms with Gasteiger partial charge in [0.05, 0.1) is 6.67 Å². The van der Waals surface area contributed by atoms with Gasteiger partial charge in [-0.15, -0.1) is 0 Å². The van der Waals surface area contributed by atoms with Gasteiger partial charge in [0.25, 0.3) is 11.8 Å². The predicted molar refractivity (Wildman–Crippen MR) is 98.9 cm³/mol. The number of imide groups is 1. The lowest BCUT2D eigenvalue weighted by Gasteiger charge is -2.27. The first-order chi connectivity index (χ1) is 12.0. The lowest BCUT2D eigenvalue weighted by Crippen LogP contribution is -2.43. The Bertz CT molecular complexity index is 953. The molecule has 3 aromatic rings. The minimum absolute atomic E-state index is 0.144. The molecule has 0 bridgehead atoms. The van der Waals surface area contributed by atoms with Gasteiger partial charge in [-0.25, -0.2) is 0 Å². The average molecular weight is 330 g/mol. The zero-order valence-corrected chi connectivity index (χ0v) is 14.2. The number of benzene rings is 3. The number of carbonyl (C=O) groups is 2. The molecule has 3 aromatic carbocycles. The molecule has 4 rings (SSSR count). The molecule has 1 heterocycles. The van der Waals surface area contributed by atoms with Gasteiger partial charge in [0.15, 0.2) is 0 Å². The summed E-state index contributed by atoms with van der Waals surface area (Å²) in [6.45, 7) is 4.18. The van der Waals surface area contributed by atoms with Gasteiger partial charge in [-0.05, 0) is 54.6 Å². The van der Waals surface area contributed by atoms with Crippen molar-refractivity contribution in [3.05, 3.63) is 76.9 Å². The Kier molecular flexibility index (Phi) is 3.53. The summed E-state index contributed by atoms with van der Waals surface area (Å²) in [5.74, 6) is -0.516. The third kappa shape index (κ3) is 2.56. The Morgan fingerprint density at radius 2 is 1.40 bits per heavy atom. The number of hydrogen-bond acceptors (Lipinski definition) is 3. The number of carbonyl (C=O) groups excluding carboxylic acids is 2. The molecule has 1 aliphatic rings. The predicted octanol–water partition coefficient (Wildman–Crippen LogP) is 4.12. The van der Waals surface area contributed by atoms with E-state index in [2.05, 4.69) is 11.4 Å². The fourth-order valence-electron chi connectivity index (χ4n) is 3.47. The Labute approximate surface area is 146 Å². The van der Waals surface area contributed by atoms with Crippen molar-refractivity contribution in [3.63, 3.8) is 0 Å². The van der Waals surface area contributed by atoms with Gasteiger partial charge in [-0.3, -0.25) is 14.5 Å². The monoisotopic (exact) mass is 330 g/mol. The molecular weight excluding hydrogens is 312 g/mol. The summed E-state index contributed by atoms with van der Waals surface area (Å²) >= 11 is 0. The first-order valence-corrected chi connectivity index (χ1v) is 8.25. The standard InChI is InChI=1S/C21H18N2O2/c1-13-9-14(2)11-16(10-13)22-12-23-20(24)17-7-3-5-15-6-4-8-18(19(15)17)21(23)25/h3-11,22H,12H2,1-2H3. The Morgan fingerprint density at radius 3 is 1.96 bits per heavy atom. The van der Waals surface area contributed by atoms with Gasteiger partial charge in [0, 0.05) is 22.2 Å². The molecule has 124 valence electrons. The van der Waals surface area contributed by atoms with Crippen LogP contribution in [0, 0.1) is 13.8 Å². The highest BCUT2D eigenvalue weighted by atomic mass is 16.2. The van der Waals surface area contributed by atoms with Crippen molar-refractivity contribution in [1.29, 1.82) is 0 Å². The third-order valence-corrected chi connectivity index (χ3v) is 4.52. The van der Waals surface area contributed by atoms with E-state index in [-0.39, 0.29) is 18.5 Å². The second kappa shape index (κ2) is 5.74. The molecule has 0 fully saturated rings. The van der Waals surface area contributed by atoms with Crippen molar-refractivity contribution >= 4 is 28.3 Å². The molecule has 0 saturated heterocycles. The molecule has 0 aromatic heterocycles. The topological polar surface area (TPSA) is 49.4 Å². The van der Waals surface area contributed by atoms with Crippen LogP contribution in [0.15, 0.2) is 54.6 Å². The lowest BCUT2D eigenvalue weighted by atomic mass is 9.94. The summed E-state index contributed by atoms with van der Waals surface area (Å²) in [5, 5.41) is 4.87. The van der Waals surface area contributed by atoms with Crippen molar-refractivity contribution < 1.29 is 9.59 Å². The van der Waals surface area contributed by atoms with Gasteiger partial charge < -0.3 is 5.32 Å². The van der Waals surface area contributed by atoms with Crippen LogP contribution in [0.3, 0.4) is 0 Å². The third-order valence-electron chi connectivity index (χ3n) is 4.52. The maximum absolute atomic E-state index is 12.8. The summed E-state index contributed by atoms with van der Waals surface area (Å²) in [7, 11) is 0. The van der Waals surface area contributed by atoms with E-state index >= 15 is 0 Å². The molecule has 1 aliphatic heterocycles. The maximum atomic E-state index is 12.8. The van der Waals surface area contributed by atoms with E-state index in [9.17, 15) is 9.59 Å². The lowest BCUT2D eigenvalue weighted by molar-refractivity contribution is 0.0622. The first kappa shape index (κ1) is 15.4. The highest BCUT2D eigenvalue weighted by Gasteiger charge is 2.32. The van der Waals surface area contributed by atoms with E-state index in [1.165, 1.54) is 4.90 Å². The number of anilines is 1. The summed E-state index contributed by atoms with van der Waals surface area (Å²) in [6, 6.07) is 17.2. The van der Waals surface area contributed by atoms with Crippen LogP contribution in [-0.2, 0) is 0 Å². The second-order valence-electron chi connectivity index (χ2n) is 6.46. The van der Waals surface area contributed by atoms with Gasteiger partial charge in [0.1, 0.15) is 0 Å². The van der Waals surface area contributed by atoms with E-state index < -0.39 is 0 Å². The van der Waals surface area contributed by atoms with Crippen LogP contribution in [0.1, 0.15) is 31.8 Å². The summed E-state index contributed by atoms with van der Waals surface area (Å²) in [4.78, 5) is 26.9. The van der Waals surface area contributed by atoms with Crippen LogP contribution in [0.2, 0.25) is 0 Å². The largest absolute Gasteiger partial charge is 0.367 e. The fourth-order valence-corrected chi connectivity index (χ4v) is 3.47. The molecule has 0 aliphatic carbocycles. The molecule has 0 spiro atoms. The van der Waals surface area contributed by atoms with Crippen LogP contribution < -0.4 is 5.32 Å². The first-order valence-electron chi connectivity index (χ1n) is 8.25. The van der Waals surface area contributed by atoms with Gasteiger partial charge >= 0.3 is 0 Å². The molecule has 25 heavy (non-hydrogen) atoms. The molecule has 0 unspecified atom stereocenters. The number of aryl methyl sites for hydroxylation is 2. The second-order valence-corrected chi connectivity index (χ2v) is 6.46. The minimum Gasteiger partial charge on any atom is -0.367 e. The van der Waals surface area contributed by atoms with Crippen molar-refractivity contribution in [2.75, 3.05) is 12.0 Å². The van der Waals surface area contributed by atoms with Crippen molar-refractivity contribution in [3.8, 4) is 0 Å². The van der Waals surface area contributed by atoms with E-state index in [0.717, 1.165) is 27.6 Å². The number of nitrogens with one attached hydrogen (secondary N) is 1. The SMILES string of the molecule is Cc1cc(C)cc(NCN2C(=O)c3cccc4cccc(c34)C2=O)c1. The zero-order valence-electron chi connectivity index (χ0n) is 14.2.